The lowest BCUT2D eigenvalue weighted by molar-refractivity contribution is 0.0552. The summed E-state index contributed by atoms with van der Waals surface area (Å²) in [6.07, 6.45) is 2.39. The molecule has 1 fully saturated rings. The van der Waals surface area contributed by atoms with Gasteiger partial charge in [0.15, 0.2) is 0 Å². The van der Waals surface area contributed by atoms with E-state index in [1.807, 2.05) is 6.07 Å². The Morgan fingerprint density at radius 1 is 1.37 bits per heavy atom. The van der Waals surface area contributed by atoms with E-state index in [4.69, 9.17) is 4.42 Å². The van der Waals surface area contributed by atoms with Crippen molar-refractivity contribution in [1.82, 2.24) is 4.90 Å². The van der Waals surface area contributed by atoms with Gasteiger partial charge in [0.2, 0.25) is 5.76 Å². The first kappa shape index (κ1) is 14.1. The molecule has 4 nitrogen and oxygen atoms in total. The van der Waals surface area contributed by atoms with E-state index in [1.54, 1.807) is 6.07 Å². The van der Waals surface area contributed by atoms with Gasteiger partial charge in [-0.25, -0.2) is 4.79 Å². The van der Waals surface area contributed by atoms with Crippen LogP contribution in [0, 0.1) is 5.41 Å². The quantitative estimate of drug-likeness (QED) is 0.787. The third-order valence-corrected chi connectivity index (χ3v) is 4.12. The zero-order valence-electron chi connectivity index (χ0n) is 12.2. The topological polar surface area (TPSA) is 42.7 Å². The molecule has 1 saturated heterocycles. The van der Waals surface area contributed by atoms with Crippen molar-refractivity contribution in [3.05, 3.63) is 23.7 Å². The highest BCUT2D eigenvalue weighted by molar-refractivity contribution is 5.86. The number of hydrogen-bond acceptors (Lipinski definition) is 4. The highest BCUT2D eigenvalue weighted by Gasteiger charge is 2.29. The Labute approximate surface area is 114 Å². The lowest BCUT2D eigenvalue weighted by atomic mass is 9.82. The van der Waals surface area contributed by atoms with Crippen molar-refractivity contribution in [3.8, 4) is 0 Å². The molecule has 1 aliphatic rings. The zero-order valence-corrected chi connectivity index (χ0v) is 12.2. The number of methoxy groups -OCH3 is 1. The molecule has 1 aromatic rings. The van der Waals surface area contributed by atoms with Crippen LogP contribution in [0.25, 0.3) is 0 Å². The van der Waals surface area contributed by atoms with Crippen molar-refractivity contribution in [1.29, 1.82) is 0 Å². The number of carbonyl (C=O) groups is 1. The molecule has 1 atom stereocenters. The Morgan fingerprint density at radius 2 is 2.00 bits per heavy atom. The highest BCUT2D eigenvalue weighted by atomic mass is 16.5. The van der Waals surface area contributed by atoms with Crippen LogP contribution in [-0.4, -0.2) is 31.1 Å². The van der Waals surface area contributed by atoms with E-state index in [-0.39, 0.29) is 11.8 Å². The molecule has 1 aliphatic heterocycles. The van der Waals surface area contributed by atoms with E-state index < -0.39 is 5.97 Å². The molecule has 0 radical (unpaired) electrons. The molecular weight excluding hydrogens is 242 g/mol. The van der Waals surface area contributed by atoms with Crippen LogP contribution in [0.4, 0.5) is 0 Å². The fourth-order valence-corrected chi connectivity index (χ4v) is 2.48. The summed E-state index contributed by atoms with van der Waals surface area (Å²) >= 11 is 0. The summed E-state index contributed by atoms with van der Waals surface area (Å²) in [5.74, 6) is 0.694. The number of likely N-dealkylation sites (tertiary alicyclic amines) is 1. The minimum absolute atomic E-state index is 0.203. The lowest BCUT2D eigenvalue weighted by Gasteiger charge is -2.39. The Bertz CT molecular complexity index is 440. The summed E-state index contributed by atoms with van der Waals surface area (Å²) in [7, 11) is 1.36. The molecule has 1 aromatic heterocycles. The van der Waals surface area contributed by atoms with Gasteiger partial charge in [0.05, 0.1) is 13.2 Å². The smallest absolute Gasteiger partial charge is 0.373 e. The maximum absolute atomic E-state index is 11.4. The third kappa shape index (κ3) is 3.18. The van der Waals surface area contributed by atoms with Crippen molar-refractivity contribution >= 4 is 5.97 Å². The Kier molecular flexibility index (Phi) is 3.99. The number of carbonyl (C=O) groups excluding carboxylic acids is 1. The molecule has 0 N–H and O–H groups in total. The predicted octanol–water partition coefficient (Wildman–Crippen LogP) is 3.25. The van der Waals surface area contributed by atoms with Crippen LogP contribution in [0.1, 0.15) is 56.0 Å². The van der Waals surface area contributed by atoms with Gasteiger partial charge in [0, 0.05) is 0 Å². The highest BCUT2D eigenvalue weighted by Crippen LogP contribution is 2.34. The number of rotatable bonds is 3. The molecule has 2 heterocycles. The maximum Gasteiger partial charge on any atom is 0.373 e. The van der Waals surface area contributed by atoms with Gasteiger partial charge in [-0.2, -0.15) is 0 Å². The van der Waals surface area contributed by atoms with E-state index in [9.17, 15) is 4.79 Å². The summed E-state index contributed by atoms with van der Waals surface area (Å²) in [5, 5.41) is 0. The number of hydrogen-bond donors (Lipinski definition) is 0. The first-order valence-corrected chi connectivity index (χ1v) is 6.85. The van der Waals surface area contributed by atoms with Crippen LogP contribution in [0.2, 0.25) is 0 Å². The van der Waals surface area contributed by atoms with Gasteiger partial charge in [-0.15, -0.1) is 0 Å². The Hall–Kier alpha value is -1.29. The van der Waals surface area contributed by atoms with Gasteiger partial charge in [0.1, 0.15) is 5.76 Å². The van der Waals surface area contributed by atoms with Crippen molar-refractivity contribution < 1.29 is 13.9 Å². The minimum Gasteiger partial charge on any atom is -0.463 e. The molecule has 4 heteroatoms. The Balaban J connectivity index is 2.02. The average molecular weight is 265 g/mol. The van der Waals surface area contributed by atoms with Gasteiger partial charge < -0.3 is 9.15 Å². The van der Waals surface area contributed by atoms with Crippen LogP contribution in [0.3, 0.4) is 0 Å². The SMILES string of the molecule is COC(=O)c1ccc(C(C)N2CCC(C)(C)CC2)o1. The molecule has 0 aromatic carbocycles. The second-order valence-corrected chi connectivity index (χ2v) is 6.07. The number of esters is 1. The average Bonchev–Trinajstić information content (AvgIpc) is 2.86. The fraction of sp³-hybridized carbons (Fsp3) is 0.667. The first-order chi connectivity index (χ1) is 8.93. The third-order valence-electron chi connectivity index (χ3n) is 4.12. The largest absolute Gasteiger partial charge is 0.463 e. The van der Waals surface area contributed by atoms with Gasteiger partial charge in [-0.05, 0) is 50.4 Å². The molecule has 0 aliphatic carbocycles. The molecule has 0 amide bonds. The van der Waals surface area contributed by atoms with E-state index in [0.717, 1.165) is 18.8 Å². The number of piperidine rings is 1. The minimum atomic E-state index is -0.418. The zero-order chi connectivity index (χ0) is 14.0. The number of ether oxygens (including phenoxy) is 1. The normalized spacial score (nSPS) is 21.1. The van der Waals surface area contributed by atoms with Crippen molar-refractivity contribution in [2.75, 3.05) is 20.2 Å². The standard InChI is InChI=1S/C15H23NO3/c1-11(16-9-7-15(2,3)8-10-16)12-5-6-13(19-12)14(17)18-4/h5-6,11H,7-10H2,1-4H3. The van der Waals surface area contributed by atoms with Crippen LogP contribution in [0.15, 0.2) is 16.5 Å². The predicted molar refractivity (Wildman–Crippen MR) is 73.1 cm³/mol. The van der Waals surface area contributed by atoms with Crippen molar-refractivity contribution in [2.24, 2.45) is 5.41 Å². The fourth-order valence-electron chi connectivity index (χ4n) is 2.48. The molecule has 2 rings (SSSR count). The lowest BCUT2D eigenvalue weighted by Crippen LogP contribution is -2.38. The number of nitrogens with zero attached hydrogens (tertiary/aromatic N) is 1. The molecule has 0 saturated carbocycles. The second kappa shape index (κ2) is 5.37. The van der Waals surface area contributed by atoms with Crippen molar-refractivity contribution in [2.45, 2.75) is 39.7 Å². The van der Waals surface area contributed by atoms with E-state index in [1.165, 1.54) is 20.0 Å². The maximum atomic E-state index is 11.4. The van der Waals surface area contributed by atoms with Gasteiger partial charge in [0.25, 0.3) is 0 Å². The van der Waals surface area contributed by atoms with E-state index >= 15 is 0 Å². The van der Waals surface area contributed by atoms with Crippen LogP contribution in [-0.2, 0) is 4.74 Å². The Morgan fingerprint density at radius 3 is 2.58 bits per heavy atom. The van der Waals surface area contributed by atoms with Gasteiger partial charge >= 0.3 is 5.97 Å². The summed E-state index contributed by atoms with van der Waals surface area (Å²) in [5.41, 5.74) is 0.441. The number of furan rings is 1. The van der Waals surface area contributed by atoms with E-state index in [2.05, 4.69) is 30.4 Å². The van der Waals surface area contributed by atoms with Gasteiger partial charge in [-0.1, -0.05) is 13.8 Å². The molecule has 19 heavy (non-hydrogen) atoms. The van der Waals surface area contributed by atoms with Crippen LogP contribution < -0.4 is 0 Å². The molecule has 0 bridgehead atoms. The van der Waals surface area contributed by atoms with E-state index in [0.29, 0.717) is 5.41 Å². The van der Waals surface area contributed by atoms with Crippen molar-refractivity contribution in [3.63, 3.8) is 0 Å². The molecule has 0 spiro atoms. The summed E-state index contributed by atoms with van der Waals surface area (Å²) in [6, 6.07) is 3.76. The van der Waals surface area contributed by atoms with Crippen LogP contribution >= 0.6 is 0 Å². The van der Waals surface area contributed by atoms with Gasteiger partial charge in [-0.3, -0.25) is 4.90 Å². The first-order valence-electron chi connectivity index (χ1n) is 6.85. The molecule has 106 valence electrons. The summed E-state index contributed by atoms with van der Waals surface area (Å²) < 4.78 is 10.2. The summed E-state index contributed by atoms with van der Waals surface area (Å²) in [6.45, 7) is 8.90. The van der Waals surface area contributed by atoms with Crippen LogP contribution in [0.5, 0.6) is 0 Å². The summed E-state index contributed by atoms with van der Waals surface area (Å²) in [4.78, 5) is 13.8. The molecular formula is C15H23NO3. The monoisotopic (exact) mass is 265 g/mol. The molecule has 1 unspecified atom stereocenters. The second-order valence-electron chi connectivity index (χ2n) is 6.07.